The van der Waals surface area contributed by atoms with Crippen LogP contribution in [0.15, 0.2) is 35.9 Å². The number of rotatable bonds is 6. The van der Waals surface area contributed by atoms with Crippen LogP contribution in [0.1, 0.15) is 38.2 Å². The molecule has 3 heteroatoms. The van der Waals surface area contributed by atoms with E-state index in [0.29, 0.717) is 0 Å². The van der Waals surface area contributed by atoms with Gasteiger partial charge in [0.05, 0.1) is 12.5 Å². The van der Waals surface area contributed by atoms with Crippen LogP contribution in [-0.4, -0.2) is 26.2 Å². The molecular weight excluding hydrogens is 274 g/mol. The Labute approximate surface area is 132 Å². The van der Waals surface area contributed by atoms with Gasteiger partial charge in [0.2, 0.25) is 5.91 Å². The van der Waals surface area contributed by atoms with E-state index in [4.69, 9.17) is 4.74 Å². The lowest BCUT2D eigenvalue weighted by atomic mass is 9.87. The number of carbonyl (C=O) groups is 1. The topological polar surface area (TPSA) is 38.3 Å². The summed E-state index contributed by atoms with van der Waals surface area (Å²) >= 11 is 0. The predicted molar refractivity (Wildman–Crippen MR) is 88.3 cm³/mol. The van der Waals surface area contributed by atoms with Crippen molar-refractivity contribution in [1.29, 1.82) is 0 Å². The molecule has 0 spiro atoms. The van der Waals surface area contributed by atoms with Crippen LogP contribution in [0.3, 0.4) is 0 Å². The maximum absolute atomic E-state index is 12.5. The van der Waals surface area contributed by atoms with Crippen molar-refractivity contribution in [3.8, 4) is 0 Å². The maximum atomic E-state index is 12.5. The van der Waals surface area contributed by atoms with E-state index in [1.807, 2.05) is 18.2 Å². The molecule has 1 aromatic carbocycles. The standard InChI is InChI=1S/C19H25NO2/c1-14-16(15-8-4-3-5-9-15)17(14)18(21)20-12-19(13-22-2)10-6-7-11-19/h3-5,8-9,17H,6-7,10-13H2,1-2H3,(H,20,21)/t17-/m0/s1. The summed E-state index contributed by atoms with van der Waals surface area (Å²) < 4.78 is 5.39. The van der Waals surface area contributed by atoms with Crippen molar-refractivity contribution in [2.45, 2.75) is 32.6 Å². The second-order valence-electron chi connectivity index (χ2n) is 6.75. The van der Waals surface area contributed by atoms with Gasteiger partial charge in [-0.25, -0.2) is 0 Å². The van der Waals surface area contributed by atoms with Gasteiger partial charge < -0.3 is 10.1 Å². The second kappa shape index (κ2) is 6.25. The van der Waals surface area contributed by atoms with Gasteiger partial charge in [-0.2, -0.15) is 0 Å². The highest BCUT2D eigenvalue weighted by molar-refractivity contribution is 6.05. The molecule has 118 valence electrons. The minimum Gasteiger partial charge on any atom is -0.384 e. The number of hydrogen-bond acceptors (Lipinski definition) is 2. The Morgan fingerprint density at radius 1 is 1.27 bits per heavy atom. The van der Waals surface area contributed by atoms with E-state index in [1.54, 1.807) is 7.11 Å². The maximum Gasteiger partial charge on any atom is 0.231 e. The Bertz CT molecular complexity index is 570. The molecule has 0 saturated heterocycles. The molecule has 0 unspecified atom stereocenters. The molecule has 1 aromatic rings. The molecule has 0 bridgehead atoms. The molecule has 0 radical (unpaired) electrons. The molecule has 0 aliphatic heterocycles. The molecule has 1 saturated carbocycles. The molecule has 2 aliphatic rings. The fraction of sp³-hybridized carbons (Fsp3) is 0.526. The Morgan fingerprint density at radius 3 is 2.59 bits per heavy atom. The van der Waals surface area contributed by atoms with E-state index in [9.17, 15) is 4.79 Å². The van der Waals surface area contributed by atoms with E-state index in [1.165, 1.54) is 29.6 Å². The Hall–Kier alpha value is -1.61. The van der Waals surface area contributed by atoms with Crippen molar-refractivity contribution in [1.82, 2.24) is 5.32 Å². The lowest BCUT2D eigenvalue weighted by Gasteiger charge is -2.28. The molecular formula is C19H25NO2. The van der Waals surface area contributed by atoms with Crippen LogP contribution >= 0.6 is 0 Å². The molecule has 1 N–H and O–H groups in total. The molecule has 1 amide bonds. The summed E-state index contributed by atoms with van der Waals surface area (Å²) in [5, 5.41) is 3.18. The third kappa shape index (κ3) is 2.95. The minimum atomic E-state index is -0.0246. The van der Waals surface area contributed by atoms with Gasteiger partial charge in [0, 0.05) is 19.1 Å². The summed E-state index contributed by atoms with van der Waals surface area (Å²) in [6.07, 6.45) is 4.80. The summed E-state index contributed by atoms with van der Waals surface area (Å²) in [5.74, 6) is 0.127. The van der Waals surface area contributed by atoms with Gasteiger partial charge in [-0.15, -0.1) is 0 Å². The van der Waals surface area contributed by atoms with Crippen molar-refractivity contribution < 1.29 is 9.53 Å². The highest BCUT2D eigenvalue weighted by atomic mass is 16.5. The van der Waals surface area contributed by atoms with Crippen LogP contribution in [0, 0.1) is 11.3 Å². The van der Waals surface area contributed by atoms with Crippen molar-refractivity contribution in [2.75, 3.05) is 20.3 Å². The molecule has 22 heavy (non-hydrogen) atoms. The minimum absolute atomic E-state index is 0.0246. The van der Waals surface area contributed by atoms with E-state index in [2.05, 4.69) is 24.4 Å². The third-order valence-corrected chi connectivity index (χ3v) is 5.16. The first kappa shape index (κ1) is 15.3. The average molecular weight is 299 g/mol. The van der Waals surface area contributed by atoms with Crippen molar-refractivity contribution in [3.63, 3.8) is 0 Å². The predicted octanol–water partition coefficient (Wildman–Crippen LogP) is 3.41. The number of nitrogens with one attached hydrogen (secondary N) is 1. The third-order valence-electron chi connectivity index (χ3n) is 5.16. The molecule has 0 aromatic heterocycles. The first-order chi connectivity index (χ1) is 10.7. The van der Waals surface area contributed by atoms with Crippen LogP contribution in [0.2, 0.25) is 0 Å². The zero-order valence-electron chi connectivity index (χ0n) is 13.5. The van der Waals surface area contributed by atoms with E-state index in [-0.39, 0.29) is 17.2 Å². The van der Waals surface area contributed by atoms with Crippen LogP contribution in [-0.2, 0) is 9.53 Å². The SMILES string of the molecule is COCC1(CNC(=O)[C@H]2C(C)=C2c2ccccc2)CCCC1. The number of benzene rings is 1. The van der Waals surface area contributed by atoms with Crippen molar-refractivity contribution in [2.24, 2.45) is 11.3 Å². The molecule has 1 atom stereocenters. The summed E-state index contributed by atoms with van der Waals surface area (Å²) in [7, 11) is 1.75. The first-order valence-corrected chi connectivity index (χ1v) is 8.20. The number of ether oxygens (including phenoxy) is 1. The second-order valence-corrected chi connectivity index (χ2v) is 6.75. The van der Waals surface area contributed by atoms with Crippen LogP contribution in [0.4, 0.5) is 0 Å². The molecule has 3 rings (SSSR count). The molecule has 1 fully saturated rings. The normalized spacial score (nSPS) is 22.7. The van der Waals surface area contributed by atoms with Crippen LogP contribution in [0.5, 0.6) is 0 Å². The van der Waals surface area contributed by atoms with E-state index in [0.717, 1.165) is 26.0 Å². The van der Waals surface area contributed by atoms with Gasteiger partial charge in [0.15, 0.2) is 0 Å². The molecule has 2 aliphatic carbocycles. The van der Waals surface area contributed by atoms with Crippen molar-refractivity contribution >= 4 is 11.5 Å². The Balaban J connectivity index is 1.58. The van der Waals surface area contributed by atoms with Gasteiger partial charge in [0.1, 0.15) is 0 Å². The van der Waals surface area contributed by atoms with E-state index >= 15 is 0 Å². The number of carbonyl (C=O) groups excluding carboxylic acids is 1. The quantitative estimate of drug-likeness (QED) is 0.874. The monoisotopic (exact) mass is 299 g/mol. The van der Waals surface area contributed by atoms with Gasteiger partial charge in [-0.05, 0) is 30.9 Å². The van der Waals surface area contributed by atoms with Gasteiger partial charge >= 0.3 is 0 Å². The van der Waals surface area contributed by atoms with Gasteiger partial charge in [0.25, 0.3) is 0 Å². The summed E-state index contributed by atoms with van der Waals surface area (Å²) in [6.45, 7) is 3.55. The Morgan fingerprint density at radius 2 is 1.95 bits per heavy atom. The fourth-order valence-electron chi connectivity index (χ4n) is 3.85. The zero-order valence-corrected chi connectivity index (χ0v) is 13.5. The van der Waals surface area contributed by atoms with Crippen LogP contribution < -0.4 is 5.32 Å². The number of amides is 1. The molecule has 3 nitrogen and oxygen atoms in total. The highest BCUT2D eigenvalue weighted by Crippen LogP contribution is 2.47. The summed E-state index contributed by atoms with van der Waals surface area (Å²) in [5.41, 5.74) is 3.73. The van der Waals surface area contributed by atoms with Gasteiger partial charge in [-0.3, -0.25) is 4.79 Å². The lowest BCUT2D eigenvalue weighted by Crippen LogP contribution is -2.39. The van der Waals surface area contributed by atoms with E-state index < -0.39 is 0 Å². The van der Waals surface area contributed by atoms with Gasteiger partial charge in [-0.1, -0.05) is 48.7 Å². The Kier molecular flexibility index (Phi) is 4.34. The smallest absolute Gasteiger partial charge is 0.231 e. The van der Waals surface area contributed by atoms with Crippen LogP contribution in [0.25, 0.3) is 5.57 Å². The highest BCUT2D eigenvalue weighted by Gasteiger charge is 2.41. The summed E-state index contributed by atoms with van der Waals surface area (Å²) in [4.78, 5) is 12.5. The first-order valence-electron chi connectivity index (χ1n) is 8.20. The van der Waals surface area contributed by atoms with Crippen molar-refractivity contribution in [3.05, 3.63) is 41.5 Å². The molecule has 0 heterocycles. The largest absolute Gasteiger partial charge is 0.384 e. The fourth-order valence-corrected chi connectivity index (χ4v) is 3.85. The number of methoxy groups -OCH3 is 1. The lowest BCUT2D eigenvalue weighted by molar-refractivity contribution is -0.122. The summed E-state index contributed by atoms with van der Waals surface area (Å²) in [6, 6.07) is 10.2. The zero-order chi connectivity index (χ0) is 15.6. The average Bonchev–Trinajstić information content (AvgIpc) is 2.99. The number of hydrogen-bond donors (Lipinski definition) is 1.